The van der Waals surface area contributed by atoms with Crippen molar-refractivity contribution in [3.05, 3.63) is 0 Å². The van der Waals surface area contributed by atoms with Crippen LogP contribution < -0.4 is 0 Å². The molecule has 0 aromatic rings. The number of imide groups is 1. The Labute approximate surface area is 79.5 Å². The van der Waals surface area contributed by atoms with Crippen LogP contribution in [0.25, 0.3) is 0 Å². The van der Waals surface area contributed by atoms with Crippen LogP contribution in [0.2, 0.25) is 0 Å². The molecule has 3 amide bonds. The lowest BCUT2D eigenvalue weighted by atomic mass is 10.4. The highest BCUT2D eigenvalue weighted by Crippen LogP contribution is 1.99. The van der Waals surface area contributed by atoms with E-state index < -0.39 is 0 Å². The fraction of sp³-hybridized carbons (Fsp3) is 0.778. The Morgan fingerprint density at radius 1 is 1.08 bits per heavy atom. The highest BCUT2D eigenvalue weighted by molar-refractivity contribution is 5.94. The van der Waals surface area contributed by atoms with Gasteiger partial charge in [-0.25, -0.2) is 4.79 Å². The second-order valence-electron chi connectivity index (χ2n) is 2.79. The summed E-state index contributed by atoms with van der Waals surface area (Å²) >= 11 is 0. The summed E-state index contributed by atoms with van der Waals surface area (Å²) in [7, 11) is 1.69. The Hall–Kier alpha value is -1.06. The first-order valence-corrected chi connectivity index (χ1v) is 4.63. The molecule has 0 aliphatic rings. The normalized spacial score (nSPS) is 9.54. The molecule has 76 valence electrons. The van der Waals surface area contributed by atoms with Gasteiger partial charge in [0.05, 0.1) is 0 Å². The average Bonchev–Trinajstić information content (AvgIpc) is 2.17. The third kappa shape index (κ3) is 3.05. The molecule has 0 aliphatic heterocycles. The van der Waals surface area contributed by atoms with Crippen LogP contribution in [0.3, 0.4) is 0 Å². The van der Waals surface area contributed by atoms with Crippen LogP contribution in [0.5, 0.6) is 0 Å². The Balaban J connectivity index is 4.40. The van der Waals surface area contributed by atoms with E-state index in [1.165, 1.54) is 9.80 Å². The maximum absolute atomic E-state index is 11.5. The summed E-state index contributed by atoms with van der Waals surface area (Å²) in [5, 5.41) is 0. The van der Waals surface area contributed by atoms with Crippen molar-refractivity contribution in [3.8, 4) is 0 Å². The largest absolute Gasteiger partial charge is 0.328 e. The fourth-order valence-corrected chi connectivity index (χ4v) is 0.950. The minimum atomic E-state index is -0.211. The molecule has 0 fully saturated rings. The molecule has 0 radical (unpaired) electrons. The number of hydrogen-bond acceptors (Lipinski definition) is 2. The van der Waals surface area contributed by atoms with Crippen LogP contribution in [0.15, 0.2) is 0 Å². The van der Waals surface area contributed by atoms with Crippen molar-refractivity contribution in [1.82, 2.24) is 9.80 Å². The summed E-state index contributed by atoms with van der Waals surface area (Å²) in [4.78, 5) is 25.6. The number of urea groups is 1. The van der Waals surface area contributed by atoms with Gasteiger partial charge >= 0.3 is 6.03 Å². The molecule has 0 N–H and O–H groups in total. The van der Waals surface area contributed by atoms with Crippen molar-refractivity contribution >= 4 is 11.9 Å². The van der Waals surface area contributed by atoms with Crippen molar-refractivity contribution in [1.29, 1.82) is 0 Å². The molecule has 13 heavy (non-hydrogen) atoms. The molecule has 0 aliphatic carbocycles. The Bertz CT molecular complexity index is 192. The van der Waals surface area contributed by atoms with Gasteiger partial charge in [-0.15, -0.1) is 0 Å². The SMILES string of the molecule is CCC(=O)N(CC)C(=O)N(C)CC. The third-order valence-electron chi connectivity index (χ3n) is 1.95. The fourth-order valence-electron chi connectivity index (χ4n) is 0.950. The van der Waals surface area contributed by atoms with Crippen LogP contribution in [-0.4, -0.2) is 41.9 Å². The van der Waals surface area contributed by atoms with Crippen LogP contribution >= 0.6 is 0 Å². The third-order valence-corrected chi connectivity index (χ3v) is 1.95. The smallest absolute Gasteiger partial charge is 0.326 e. The van der Waals surface area contributed by atoms with Crippen molar-refractivity contribution in [2.75, 3.05) is 20.1 Å². The zero-order valence-corrected chi connectivity index (χ0v) is 8.83. The zero-order valence-electron chi connectivity index (χ0n) is 8.83. The van der Waals surface area contributed by atoms with Gasteiger partial charge in [0.2, 0.25) is 5.91 Å². The lowest BCUT2D eigenvalue weighted by Crippen LogP contribution is -2.44. The lowest BCUT2D eigenvalue weighted by molar-refractivity contribution is -0.128. The molecule has 0 spiro atoms. The maximum Gasteiger partial charge on any atom is 0.326 e. The van der Waals surface area contributed by atoms with Gasteiger partial charge < -0.3 is 4.90 Å². The summed E-state index contributed by atoms with van der Waals surface area (Å²) in [5.41, 5.74) is 0. The number of nitrogens with zero attached hydrogens (tertiary/aromatic N) is 2. The molecule has 0 bridgehead atoms. The summed E-state index contributed by atoms with van der Waals surface area (Å²) in [6.07, 6.45) is 0.372. The lowest BCUT2D eigenvalue weighted by Gasteiger charge is -2.24. The molecule has 0 saturated heterocycles. The Morgan fingerprint density at radius 2 is 1.62 bits per heavy atom. The monoisotopic (exact) mass is 186 g/mol. The second kappa shape index (κ2) is 5.56. The first-order valence-electron chi connectivity index (χ1n) is 4.63. The minimum absolute atomic E-state index is 0.118. The number of amides is 3. The number of carbonyl (C=O) groups excluding carboxylic acids is 2. The molecule has 0 saturated carbocycles. The molecule has 0 aromatic carbocycles. The van der Waals surface area contributed by atoms with E-state index in [-0.39, 0.29) is 11.9 Å². The van der Waals surface area contributed by atoms with Crippen molar-refractivity contribution in [3.63, 3.8) is 0 Å². The summed E-state index contributed by atoms with van der Waals surface area (Å²) in [6.45, 7) is 6.49. The average molecular weight is 186 g/mol. The van der Waals surface area contributed by atoms with E-state index in [1.807, 2.05) is 6.92 Å². The molecular formula is C9H18N2O2. The quantitative estimate of drug-likeness (QED) is 0.667. The van der Waals surface area contributed by atoms with Gasteiger partial charge in [0.15, 0.2) is 0 Å². The van der Waals surface area contributed by atoms with Crippen LogP contribution in [0.1, 0.15) is 27.2 Å². The molecule has 0 unspecified atom stereocenters. The van der Waals surface area contributed by atoms with Gasteiger partial charge in [0.1, 0.15) is 0 Å². The van der Waals surface area contributed by atoms with Gasteiger partial charge in [-0.3, -0.25) is 9.69 Å². The molecule has 4 nitrogen and oxygen atoms in total. The molecule has 0 heterocycles. The molecule has 4 heteroatoms. The van der Waals surface area contributed by atoms with E-state index in [9.17, 15) is 9.59 Å². The van der Waals surface area contributed by atoms with Gasteiger partial charge in [-0.05, 0) is 13.8 Å². The molecule has 0 rings (SSSR count). The molecular weight excluding hydrogens is 168 g/mol. The van der Waals surface area contributed by atoms with E-state index in [1.54, 1.807) is 20.9 Å². The van der Waals surface area contributed by atoms with E-state index in [4.69, 9.17) is 0 Å². The van der Waals surface area contributed by atoms with Crippen LogP contribution in [0.4, 0.5) is 4.79 Å². The standard InChI is InChI=1S/C9H18N2O2/c1-5-8(12)11(7-3)9(13)10(4)6-2/h5-7H2,1-4H3. The Morgan fingerprint density at radius 3 is 1.92 bits per heavy atom. The summed E-state index contributed by atoms with van der Waals surface area (Å²) in [5.74, 6) is -0.118. The van der Waals surface area contributed by atoms with Gasteiger partial charge in [-0.1, -0.05) is 6.92 Å². The summed E-state index contributed by atoms with van der Waals surface area (Å²) < 4.78 is 0. The van der Waals surface area contributed by atoms with E-state index >= 15 is 0 Å². The number of hydrogen-bond donors (Lipinski definition) is 0. The highest BCUT2D eigenvalue weighted by Gasteiger charge is 2.20. The molecule has 0 aromatic heterocycles. The van der Waals surface area contributed by atoms with Gasteiger partial charge in [0.25, 0.3) is 0 Å². The van der Waals surface area contributed by atoms with Crippen molar-refractivity contribution in [2.24, 2.45) is 0 Å². The van der Waals surface area contributed by atoms with E-state index in [0.29, 0.717) is 19.5 Å². The van der Waals surface area contributed by atoms with E-state index in [2.05, 4.69) is 0 Å². The van der Waals surface area contributed by atoms with Crippen LogP contribution in [0, 0.1) is 0 Å². The number of rotatable bonds is 3. The summed E-state index contributed by atoms with van der Waals surface area (Å²) in [6, 6.07) is -0.211. The minimum Gasteiger partial charge on any atom is -0.328 e. The van der Waals surface area contributed by atoms with E-state index in [0.717, 1.165) is 0 Å². The second-order valence-corrected chi connectivity index (χ2v) is 2.79. The maximum atomic E-state index is 11.5. The zero-order chi connectivity index (χ0) is 10.4. The van der Waals surface area contributed by atoms with Crippen molar-refractivity contribution < 1.29 is 9.59 Å². The highest BCUT2D eigenvalue weighted by atomic mass is 16.2. The van der Waals surface area contributed by atoms with Gasteiger partial charge in [-0.2, -0.15) is 0 Å². The first kappa shape index (κ1) is 11.9. The first-order chi connectivity index (χ1) is 6.08. The van der Waals surface area contributed by atoms with Crippen molar-refractivity contribution in [2.45, 2.75) is 27.2 Å². The number of carbonyl (C=O) groups is 2. The molecule has 0 atom stereocenters. The predicted molar refractivity (Wildman–Crippen MR) is 51.4 cm³/mol. The predicted octanol–water partition coefficient (Wildman–Crippen LogP) is 1.32. The van der Waals surface area contributed by atoms with Gasteiger partial charge in [0, 0.05) is 26.6 Å². The Kier molecular flexibility index (Phi) is 5.11. The van der Waals surface area contributed by atoms with Crippen LogP contribution in [-0.2, 0) is 4.79 Å². The topological polar surface area (TPSA) is 40.6 Å².